The SMILES string of the molecule is O=C1CCCC12CC21CCCC1. The summed E-state index contributed by atoms with van der Waals surface area (Å²) >= 11 is 0. The Balaban J connectivity index is 1.91. The highest BCUT2D eigenvalue weighted by Crippen LogP contribution is 2.75. The molecule has 0 N–H and O–H groups in total. The molecule has 12 heavy (non-hydrogen) atoms. The molecule has 1 unspecified atom stereocenters. The number of Topliss-reactive ketones (excluding diaryl/α,β-unsaturated/α-hetero) is 1. The molecule has 3 aliphatic rings. The van der Waals surface area contributed by atoms with E-state index in [1.165, 1.54) is 44.9 Å². The van der Waals surface area contributed by atoms with Crippen molar-refractivity contribution in [3.63, 3.8) is 0 Å². The molecule has 66 valence electrons. The standard InChI is InChI=1S/C11H16O/c12-9-4-3-7-11(9)8-10(11)5-1-2-6-10/h1-8H2. The van der Waals surface area contributed by atoms with E-state index in [0.29, 0.717) is 11.2 Å². The van der Waals surface area contributed by atoms with Gasteiger partial charge in [-0.15, -0.1) is 0 Å². The van der Waals surface area contributed by atoms with E-state index in [1.807, 2.05) is 0 Å². The van der Waals surface area contributed by atoms with Gasteiger partial charge in [0.2, 0.25) is 0 Å². The number of hydrogen-bond acceptors (Lipinski definition) is 1. The molecule has 0 radical (unpaired) electrons. The Bertz CT molecular complexity index is 237. The van der Waals surface area contributed by atoms with Crippen LogP contribution in [-0.2, 0) is 4.79 Å². The normalized spacial score (nSPS) is 43.2. The lowest BCUT2D eigenvalue weighted by Crippen LogP contribution is -2.15. The molecule has 0 aromatic rings. The molecule has 1 atom stereocenters. The molecule has 0 aromatic carbocycles. The zero-order valence-corrected chi connectivity index (χ0v) is 7.57. The summed E-state index contributed by atoms with van der Waals surface area (Å²) in [5.74, 6) is 0.615. The minimum atomic E-state index is 0.240. The molecule has 0 bridgehead atoms. The van der Waals surface area contributed by atoms with Crippen molar-refractivity contribution in [1.82, 2.24) is 0 Å². The number of fused-ring (bicyclic) bond motifs is 1. The molecule has 1 nitrogen and oxygen atoms in total. The summed E-state index contributed by atoms with van der Waals surface area (Å²) in [6.07, 6.45) is 10.1. The van der Waals surface area contributed by atoms with Gasteiger partial charge in [0.15, 0.2) is 0 Å². The van der Waals surface area contributed by atoms with Gasteiger partial charge in [0.25, 0.3) is 0 Å². The average molecular weight is 164 g/mol. The molecule has 0 amide bonds. The maximum absolute atomic E-state index is 11.7. The summed E-state index contributed by atoms with van der Waals surface area (Å²) in [5.41, 5.74) is 0.782. The fourth-order valence-corrected chi connectivity index (χ4v) is 3.92. The lowest BCUT2D eigenvalue weighted by molar-refractivity contribution is -0.122. The molecular formula is C11H16O. The molecular weight excluding hydrogens is 148 g/mol. The van der Waals surface area contributed by atoms with E-state index in [2.05, 4.69) is 0 Å². The Morgan fingerprint density at radius 3 is 2.33 bits per heavy atom. The quantitative estimate of drug-likeness (QED) is 0.538. The third kappa shape index (κ3) is 0.605. The van der Waals surface area contributed by atoms with E-state index in [9.17, 15) is 4.79 Å². The maximum atomic E-state index is 11.7. The fourth-order valence-electron chi connectivity index (χ4n) is 3.92. The average Bonchev–Trinajstić information content (AvgIpc) is 2.44. The van der Waals surface area contributed by atoms with Gasteiger partial charge in [-0.1, -0.05) is 12.8 Å². The second-order valence-electron chi connectivity index (χ2n) is 5.02. The Kier molecular flexibility index (Phi) is 1.15. The maximum Gasteiger partial charge on any atom is 0.139 e. The number of ketones is 1. The van der Waals surface area contributed by atoms with Gasteiger partial charge in [0.1, 0.15) is 5.78 Å². The minimum Gasteiger partial charge on any atom is -0.299 e. The molecule has 0 heterocycles. The smallest absolute Gasteiger partial charge is 0.139 e. The highest BCUT2D eigenvalue weighted by Gasteiger charge is 2.71. The molecule has 0 aliphatic heterocycles. The number of carbonyl (C=O) groups excluding carboxylic acids is 1. The zero-order chi connectivity index (χ0) is 8.23. The number of hydrogen-bond donors (Lipinski definition) is 0. The highest BCUT2D eigenvalue weighted by atomic mass is 16.1. The van der Waals surface area contributed by atoms with Crippen molar-refractivity contribution in [1.29, 1.82) is 0 Å². The van der Waals surface area contributed by atoms with E-state index < -0.39 is 0 Å². The van der Waals surface area contributed by atoms with Gasteiger partial charge in [0, 0.05) is 11.8 Å². The first-order valence-electron chi connectivity index (χ1n) is 5.33. The molecule has 3 rings (SSSR count). The van der Waals surface area contributed by atoms with Gasteiger partial charge in [-0.05, 0) is 37.5 Å². The van der Waals surface area contributed by atoms with Crippen LogP contribution >= 0.6 is 0 Å². The summed E-state index contributed by atoms with van der Waals surface area (Å²) in [5, 5.41) is 0. The van der Waals surface area contributed by atoms with Crippen LogP contribution in [0.5, 0.6) is 0 Å². The van der Waals surface area contributed by atoms with Crippen molar-refractivity contribution in [2.75, 3.05) is 0 Å². The summed E-state index contributed by atoms with van der Waals surface area (Å²) in [6.45, 7) is 0. The van der Waals surface area contributed by atoms with E-state index in [4.69, 9.17) is 0 Å². The second-order valence-corrected chi connectivity index (χ2v) is 5.02. The van der Waals surface area contributed by atoms with Crippen molar-refractivity contribution in [2.24, 2.45) is 10.8 Å². The van der Waals surface area contributed by atoms with Crippen LogP contribution in [0.15, 0.2) is 0 Å². The monoisotopic (exact) mass is 164 g/mol. The Labute approximate surface area is 73.5 Å². The van der Waals surface area contributed by atoms with E-state index >= 15 is 0 Å². The van der Waals surface area contributed by atoms with E-state index in [0.717, 1.165) is 6.42 Å². The van der Waals surface area contributed by atoms with Gasteiger partial charge < -0.3 is 0 Å². The topological polar surface area (TPSA) is 17.1 Å². The fraction of sp³-hybridized carbons (Fsp3) is 0.909. The molecule has 3 aliphatic carbocycles. The molecule has 1 heteroatoms. The first-order valence-corrected chi connectivity index (χ1v) is 5.33. The van der Waals surface area contributed by atoms with Crippen molar-refractivity contribution >= 4 is 5.78 Å². The van der Waals surface area contributed by atoms with Crippen LogP contribution < -0.4 is 0 Å². The Hall–Kier alpha value is -0.330. The first kappa shape index (κ1) is 7.11. The van der Waals surface area contributed by atoms with Gasteiger partial charge in [0.05, 0.1) is 0 Å². The van der Waals surface area contributed by atoms with Crippen LogP contribution in [-0.4, -0.2) is 5.78 Å². The molecule has 2 spiro atoms. The van der Waals surface area contributed by atoms with Crippen LogP contribution in [0.2, 0.25) is 0 Å². The Morgan fingerprint density at radius 2 is 1.75 bits per heavy atom. The highest BCUT2D eigenvalue weighted by molar-refractivity contribution is 5.91. The van der Waals surface area contributed by atoms with Crippen LogP contribution in [0, 0.1) is 10.8 Å². The van der Waals surface area contributed by atoms with E-state index in [-0.39, 0.29) is 5.41 Å². The lowest BCUT2D eigenvalue weighted by atomic mass is 9.89. The third-order valence-electron chi connectivity index (χ3n) is 4.63. The first-order chi connectivity index (χ1) is 5.79. The van der Waals surface area contributed by atoms with Gasteiger partial charge in [-0.25, -0.2) is 0 Å². The number of rotatable bonds is 0. The van der Waals surface area contributed by atoms with Crippen LogP contribution in [0.4, 0.5) is 0 Å². The van der Waals surface area contributed by atoms with Crippen molar-refractivity contribution in [2.45, 2.75) is 51.4 Å². The van der Waals surface area contributed by atoms with E-state index in [1.54, 1.807) is 0 Å². The third-order valence-corrected chi connectivity index (χ3v) is 4.63. The van der Waals surface area contributed by atoms with Crippen LogP contribution in [0.3, 0.4) is 0 Å². The molecule has 0 saturated heterocycles. The molecule has 3 saturated carbocycles. The summed E-state index contributed by atoms with van der Waals surface area (Å²) in [4.78, 5) is 11.7. The summed E-state index contributed by atoms with van der Waals surface area (Å²) in [7, 11) is 0. The largest absolute Gasteiger partial charge is 0.299 e. The van der Waals surface area contributed by atoms with Crippen molar-refractivity contribution in [3.05, 3.63) is 0 Å². The lowest BCUT2D eigenvalue weighted by Gasteiger charge is -2.13. The van der Waals surface area contributed by atoms with Gasteiger partial charge >= 0.3 is 0 Å². The van der Waals surface area contributed by atoms with Crippen molar-refractivity contribution < 1.29 is 4.79 Å². The van der Waals surface area contributed by atoms with Gasteiger partial charge in [-0.2, -0.15) is 0 Å². The van der Waals surface area contributed by atoms with Crippen molar-refractivity contribution in [3.8, 4) is 0 Å². The zero-order valence-electron chi connectivity index (χ0n) is 7.57. The predicted octanol–water partition coefficient (Wildman–Crippen LogP) is 2.69. The molecule has 0 aromatic heterocycles. The predicted molar refractivity (Wildman–Crippen MR) is 46.8 cm³/mol. The van der Waals surface area contributed by atoms with Crippen LogP contribution in [0.25, 0.3) is 0 Å². The van der Waals surface area contributed by atoms with Crippen LogP contribution in [0.1, 0.15) is 51.4 Å². The summed E-state index contributed by atoms with van der Waals surface area (Å²) < 4.78 is 0. The number of carbonyl (C=O) groups is 1. The molecule has 3 fully saturated rings. The summed E-state index contributed by atoms with van der Waals surface area (Å²) in [6, 6.07) is 0. The Morgan fingerprint density at radius 1 is 1.00 bits per heavy atom. The minimum absolute atomic E-state index is 0.240. The van der Waals surface area contributed by atoms with Gasteiger partial charge in [-0.3, -0.25) is 4.79 Å². The second kappa shape index (κ2) is 1.94.